The molecule has 28 heavy (non-hydrogen) atoms. The minimum Gasteiger partial charge on any atom is -0.376 e. The lowest BCUT2D eigenvalue weighted by Crippen LogP contribution is -2.28. The molecule has 3 N–H and O–H groups in total. The molecule has 146 valence electrons. The van der Waals surface area contributed by atoms with E-state index < -0.39 is 0 Å². The quantitative estimate of drug-likeness (QED) is 0.688. The summed E-state index contributed by atoms with van der Waals surface area (Å²) in [5.74, 6) is -0.569. The predicted octanol–water partition coefficient (Wildman–Crippen LogP) is 2.33. The average molecular weight is 380 g/mol. The highest BCUT2D eigenvalue weighted by Gasteiger charge is 2.25. The van der Waals surface area contributed by atoms with Crippen molar-refractivity contribution in [2.75, 3.05) is 31.3 Å². The van der Waals surface area contributed by atoms with Crippen LogP contribution < -0.4 is 16.0 Å². The van der Waals surface area contributed by atoms with Gasteiger partial charge in [0.15, 0.2) is 0 Å². The van der Waals surface area contributed by atoms with Crippen molar-refractivity contribution in [3.8, 4) is 0 Å². The maximum absolute atomic E-state index is 12.3. The number of hydrogen-bond donors (Lipinski definition) is 3. The third-order valence-electron chi connectivity index (χ3n) is 4.33. The van der Waals surface area contributed by atoms with E-state index in [0.717, 1.165) is 12.8 Å². The Morgan fingerprint density at radius 2 is 1.79 bits per heavy atom. The van der Waals surface area contributed by atoms with Crippen molar-refractivity contribution in [3.05, 3.63) is 59.7 Å². The summed E-state index contributed by atoms with van der Waals surface area (Å²) < 4.78 is 0. The number of carbonyl (C=O) groups is 3. The Hall–Kier alpha value is -3.35. The first kappa shape index (κ1) is 19.4. The fourth-order valence-corrected chi connectivity index (χ4v) is 2.68. The first-order chi connectivity index (χ1) is 13.4. The van der Waals surface area contributed by atoms with Gasteiger partial charge in [-0.05, 0) is 43.2 Å². The maximum Gasteiger partial charge on any atom is 0.253 e. The number of para-hydroxylation sites is 1. The Kier molecular flexibility index (Phi) is 5.93. The van der Waals surface area contributed by atoms with Crippen LogP contribution in [-0.4, -0.2) is 49.3 Å². The van der Waals surface area contributed by atoms with E-state index in [1.54, 1.807) is 62.6 Å². The number of carbonyl (C=O) groups excluding carboxylic acids is 3. The summed E-state index contributed by atoms with van der Waals surface area (Å²) in [5.41, 5.74) is 2.13. The van der Waals surface area contributed by atoms with Crippen LogP contribution in [0.5, 0.6) is 0 Å². The molecule has 0 atom stereocenters. The van der Waals surface area contributed by atoms with Gasteiger partial charge < -0.3 is 20.9 Å². The summed E-state index contributed by atoms with van der Waals surface area (Å²) >= 11 is 0. The average Bonchev–Trinajstić information content (AvgIpc) is 3.50. The molecule has 0 heterocycles. The molecule has 1 aliphatic rings. The van der Waals surface area contributed by atoms with E-state index in [1.165, 1.54) is 4.90 Å². The number of nitrogens with one attached hydrogen (secondary N) is 3. The minimum atomic E-state index is -0.281. The Morgan fingerprint density at radius 3 is 2.50 bits per heavy atom. The van der Waals surface area contributed by atoms with Gasteiger partial charge in [-0.15, -0.1) is 0 Å². The second-order valence-corrected chi connectivity index (χ2v) is 6.98. The number of anilines is 2. The van der Waals surface area contributed by atoms with Crippen molar-refractivity contribution in [1.82, 2.24) is 10.2 Å². The maximum atomic E-state index is 12.3. The molecule has 3 rings (SSSR count). The summed E-state index contributed by atoms with van der Waals surface area (Å²) in [6.07, 6.45) is 2.00. The lowest BCUT2D eigenvalue weighted by atomic mass is 10.1. The fourth-order valence-electron chi connectivity index (χ4n) is 2.68. The van der Waals surface area contributed by atoms with Gasteiger partial charge in [-0.25, -0.2) is 0 Å². The molecular formula is C21H24N4O3. The number of hydrogen-bond acceptors (Lipinski definition) is 4. The summed E-state index contributed by atoms with van der Waals surface area (Å²) in [6.45, 7) is 0.0121. The van der Waals surface area contributed by atoms with Crippen molar-refractivity contribution in [3.63, 3.8) is 0 Å². The van der Waals surface area contributed by atoms with Crippen LogP contribution in [0.3, 0.4) is 0 Å². The van der Waals surface area contributed by atoms with Crippen LogP contribution in [-0.2, 0) is 4.79 Å². The second-order valence-electron chi connectivity index (χ2n) is 6.98. The van der Waals surface area contributed by atoms with Gasteiger partial charge in [-0.1, -0.05) is 18.2 Å². The molecule has 1 aliphatic carbocycles. The van der Waals surface area contributed by atoms with Crippen LogP contribution in [0.2, 0.25) is 0 Å². The van der Waals surface area contributed by atoms with Crippen LogP contribution in [0, 0.1) is 0 Å². The number of nitrogens with zero attached hydrogens (tertiary/aromatic N) is 1. The molecule has 0 spiro atoms. The third-order valence-corrected chi connectivity index (χ3v) is 4.33. The van der Waals surface area contributed by atoms with Crippen molar-refractivity contribution in [1.29, 1.82) is 0 Å². The summed E-state index contributed by atoms with van der Waals surface area (Å²) in [7, 11) is 3.37. The van der Waals surface area contributed by atoms with Crippen molar-refractivity contribution < 1.29 is 14.4 Å². The summed E-state index contributed by atoms with van der Waals surface area (Å²) in [6, 6.07) is 14.2. The predicted molar refractivity (Wildman–Crippen MR) is 109 cm³/mol. The smallest absolute Gasteiger partial charge is 0.253 e. The molecule has 0 aliphatic heterocycles. The largest absolute Gasteiger partial charge is 0.376 e. The molecule has 0 saturated heterocycles. The molecule has 0 aromatic heterocycles. The minimum absolute atomic E-state index is 0.0121. The van der Waals surface area contributed by atoms with Gasteiger partial charge in [0, 0.05) is 31.4 Å². The first-order valence-corrected chi connectivity index (χ1v) is 9.19. The van der Waals surface area contributed by atoms with E-state index >= 15 is 0 Å². The zero-order valence-corrected chi connectivity index (χ0v) is 16.0. The molecule has 1 saturated carbocycles. The molecule has 0 unspecified atom stereocenters. The number of benzene rings is 2. The van der Waals surface area contributed by atoms with Gasteiger partial charge in [0.05, 0.1) is 17.8 Å². The highest BCUT2D eigenvalue weighted by molar-refractivity contribution is 6.04. The van der Waals surface area contributed by atoms with Crippen LogP contribution in [0.25, 0.3) is 0 Å². The van der Waals surface area contributed by atoms with Gasteiger partial charge in [0.1, 0.15) is 0 Å². The van der Waals surface area contributed by atoms with E-state index in [2.05, 4.69) is 16.0 Å². The Balaban J connectivity index is 1.60. The monoisotopic (exact) mass is 380 g/mol. The zero-order chi connectivity index (χ0) is 20.1. The van der Waals surface area contributed by atoms with Gasteiger partial charge in [0.2, 0.25) is 5.91 Å². The highest BCUT2D eigenvalue weighted by Crippen LogP contribution is 2.21. The van der Waals surface area contributed by atoms with Gasteiger partial charge in [0.25, 0.3) is 11.8 Å². The second kappa shape index (κ2) is 8.56. The van der Waals surface area contributed by atoms with E-state index in [-0.39, 0.29) is 30.3 Å². The van der Waals surface area contributed by atoms with Gasteiger partial charge in [-0.3, -0.25) is 14.4 Å². The van der Waals surface area contributed by atoms with Crippen LogP contribution in [0.1, 0.15) is 33.6 Å². The van der Waals surface area contributed by atoms with Crippen molar-refractivity contribution >= 4 is 29.1 Å². The molecule has 7 nitrogen and oxygen atoms in total. The SMILES string of the molecule is CN(C)C(=O)c1cccc(NCC(=O)Nc2ccccc2C(=O)NC2CC2)c1. The molecule has 2 aromatic carbocycles. The highest BCUT2D eigenvalue weighted by atomic mass is 16.2. The van der Waals surface area contributed by atoms with Crippen LogP contribution in [0.15, 0.2) is 48.5 Å². The molecule has 7 heteroatoms. The summed E-state index contributed by atoms with van der Waals surface area (Å²) in [5, 5.41) is 8.71. The first-order valence-electron chi connectivity index (χ1n) is 9.19. The Bertz CT molecular complexity index is 891. The molecule has 0 bridgehead atoms. The van der Waals surface area contributed by atoms with Crippen molar-refractivity contribution in [2.45, 2.75) is 18.9 Å². The topological polar surface area (TPSA) is 90.5 Å². The zero-order valence-electron chi connectivity index (χ0n) is 16.0. The third kappa shape index (κ3) is 5.09. The standard InChI is InChI=1S/C21H24N4O3/c1-25(2)21(28)14-6-5-7-16(12-14)22-13-19(26)24-18-9-4-3-8-17(18)20(27)23-15-10-11-15/h3-9,12,15,22H,10-11,13H2,1-2H3,(H,23,27)(H,24,26). The van der Waals surface area contributed by atoms with E-state index in [4.69, 9.17) is 0 Å². The lowest BCUT2D eigenvalue weighted by molar-refractivity contribution is -0.114. The molecule has 1 fully saturated rings. The van der Waals surface area contributed by atoms with Crippen LogP contribution >= 0.6 is 0 Å². The molecule has 2 aromatic rings. The van der Waals surface area contributed by atoms with Crippen LogP contribution in [0.4, 0.5) is 11.4 Å². The number of rotatable bonds is 7. The van der Waals surface area contributed by atoms with Gasteiger partial charge >= 0.3 is 0 Å². The Labute approximate surface area is 164 Å². The van der Waals surface area contributed by atoms with Gasteiger partial charge in [-0.2, -0.15) is 0 Å². The lowest BCUT2D eigenvalue weighted by Gasteiger charge is -2.13. The van der Waals surface area contributed by atoms with Crippen molar-refractivity contribution in [2.24, 2.45) is 0 Å². The molecular weight excluding hydrogens is 356 g/mol. The fraction of sp³-hybridized carbons (Fsp3) is 0.286. The molecule has 3 amide bonds. The normalized spacial score (nSPS) is 12.8. The van der Waals surface area contributed by atoms with E-state index in [9.17, 15) is 14.4 Å². The summed E-state index contributed by atoms with van der Waals surface area (Å²) in [4.78, 5) is 38.2. The Morgan fingerprint density at radius 1 is 1.04 bits per heavy atom. The molecule has 0 radical (unpaired) electrons. The van der Waals surface area contributed by atoms with E-state index in [0.29, 0.717) is 22.5 Å². The number of amides is 3. The van der Waals surface area contributed by atoms with E-state index in [1.807, 2.05) is 0 Å².